The number of piperazine rings is 1. The molecule has 1 aromatic heterocycles. The van der Waals surface area contributed by atoms with Crippen LogP contribution in [-0.2, 0) is 4.74 Å². The van der Waals surface area contributed by atoms with Crippen LogP contribution < -0.4 is 5.32 Å². The van der Waals surface area contributed by atoms with Crippen molar-refractivity contribution in [1.82, 2.24) is 20.2 Å². The molecular weight excluding hydrogens is 383 g/mol. The number of benzene rings is 2. The summed E-state index contributed by atoms with van der Waals surface area (Å²) in [5, 5.41) is 3.27. The van der Waals surface area contributed by atoms with E-state index >= 15 is 0 Å². The number of halogens is 1. The minimum Gasteiger partial charge on any atom is -0.448 e. The number of rotatable bonds is 3. The Bertz CT molecular complexity index is 1030. The van der Waals surface area contributed by atoms with Crippen molar-refractivity contribution < 1.29 is 13.9 Å². The Labute approximate surface area is 173 Å². The smallest absolute Gasteiger partial charge is 0.409 e. The van der Waals surface area contributed by atoms with Gasteiger partial charge in [0.2, 0.25) is 0 Å². The van der Waals surface area contributed by atoms with E-state index in [0.717, 1.165) is 12.4 Å². The molecule has 0 bridgehead atoms. The lowest BCUT2D eigenvalue weighted by Gasteiger charge is -2.32. The lowest BCUT2D eigenvalue weighted by molar-refractivity contribution is 0.0876. The molecule has 0 spiro atoms. The number of carbonyl (C=O) groups is 1. The van der Waals surface area contributed by atoms with Crippen LogP contribution in [0.3, 0.4) is 0 Å². The second-order valence-electron chi connectivity index (χ2n) is 7.52. The monoisotopic (exact) mass is 404 g/mol. The second kappa shape index (κ2) is 7.84. The van der Waals surface area contributed by atoms with E-state index in [0.29, 0.717) is 25.5 Å². The number of hydrogen-bond acceptors (Lipinski definition) is 5. The van der Waals surface area contributed by atoms with Crippen LogP contribution in [0.25, 0.3) is 11.1 Å². The quantitative estimate of drug-likeness (QED) is 0.724. The molecular formula is C23H21FN4O2. The fraction of sp³-hybridized carbons (Fsp3) is 0.261. The molecule has 0 radical (unpaired) electrons. The van der Waals surface area contributed by atoms with Crippen LogP contribution in [0.1, 0.15) is 28.9 Å². The molecule has 30 heavy (non-hydrogen) atoms. The van der Waals surface area contributed by atoms with Gasteiger partial charge in [0.1, 0.15) is 12.4 Å². The Hall–Kier alpha value is -3.32. The van der Waals surface area contributed by atoms with Crippen LogP contribution in [0.5, 0.6) is 0 Å². The standard InChI is InChI=1S/C23H21FN4O2/c24-15-11-26-22(27-12-15)21-13-28(10-9-25-21)23(29)30-14-20-18-7-3-1-5-16(18)17-6-2-4-8-19(17)20/h1-8,11-12,20-21,25H,9-10,13-14H2. The molecule has 1 saturated heterocycles. The van der Waals surface area contributed by atoms with Crippen LogP contribution in [0, 0.1) is 5.82 Å². The zero-order valence-electron chi connectivity index (χ0n) is 16.3. The number of nitrogens with zero attached hydrogens (tertiary/aromatic N) is 3. The average molecular weight is 404 g/mol. The first-order valence-corrected chi connectivity index (χ1v) is 10.0. The molecule has 3 aromatic rings. The zero-order valence-corrected chi connectivity index (χ0v) is 16.3. The van der Waals surface area contributed by atoms with Crippen LogP contribution in [0.4, 0.5) is 9.18 Å². The number of fused-ring (bicyclic) bond motifs is 3. The van der Waals surface area contributed by atoms with E-state index in [2.05, 4.69) is 39.6 Å². The number of amides is 1. The first kappa shape index (κ1) is 18.7. The highest BCUT2D eigenvalue weighted by Gasteiger charge is 2.31. The summed E-state index contributed by atoms with van der Waals surface area (Å²) in [5.74, 6) is 0.0102. The fourth-order valence-corrected chi connectivity index (χ4v) is 4.28. The first-order valence-electron chi connectivity index (χ1n) is 10.0. The van der Waals surface area contributed by atoms with Gasteiger partial charge >= 0.3 is 6.09 Å². The number of aromatic nitrogens is 2. The summed E-state index contributed by atoms with van der Waals surface area (Å²) < 4.78 is 18.8. The van der Waals surface area contributed by atoms with Crippen LogP contribution in [0.2, 0.25) is 0 Å². The van der Waals surface area contributed by atoms with Crippen LogP contribution >= 0.6 is 0 Å². The molecule has 1 unspecified atom stereocenters. The molecule has 152 valence electrons. The van der Waals surface area contributed by atoms with Crippen molar-refractivity contribution in [3.05, 3.63) is 83.7 Å². The molecule has 0 saturated carbocycles. The molecule has 1 aliphatic heterocycles. The third-order valence-corrected chi connectivity index (χ3v) is 5.72. The number of ether oxygens (including phenoxy) is 1. The van der Waals surface area contributed by atoms with E-state index in [1.54, 1.807) is 4.90 Å². The largest absolute Gasteiger partial charge is 0.448 e. The summed E-state index contributed by atoms with van der Waals surface area (Å²) in [6.45, 7) is 1.79. The zero-order chi connectivity index (χ0) is 20.5. The second-order valence-corrected chi connectivity index (χ2v) is 7.52. The predicted molar refractivity (Wildman–Crippen MR) is 109 cm³/mol. The first-order chi connectivity index (χ1) is 14.7. The van der Waals surface area contributed by atoms with Gasteiger partial charge in [-0.3, -0.25) is 0 Å². The van der Waals surface area contributed by atoms with Gasteiger partial charge in [0.15, 0.2) is 5.82 Å². The highest BCUT2D eigenvalue weighted by molar-refractivity contribution is 5.79. The van der Waals surface area contributed by atoms with Gasteiger partial charge in [-0.05, 0) is 22.3 Å². The van der Waals surface area contributed by atoms with Crippen LogP contribution in [0.15, 0.2) is 60.9 Å². The minimum atomic E-state index is -0.483. The molecule has 1 N–H and O–H groups in total. The molecule has 1 atom stereocenters. The number of nitrogens with one attached hydrogen (secondary N) is 1. The lowest BCUT2D eigenvalue weighted by Crippen LogP contribution is -2.49. The molecule has 6 nitrogen and oxygen atoms in total. The Balaban J connectivity index is 1.28. The molecule has 2 aromatic carbocycles. The summed E-state index contributed by atoms with van der Waals surface area (Å²) in [4.78, 5) is 22.5. The van der Waals surface area contributed by atoms with Crippen molar-refractivity contribution in [3.8, 4) is 11.1 Å². The maximum atomic E-state index is 13.1. The molecule has 1 amide bonds. The van der Waals surface area contributed by atoms with Crippen molar-refractivity contribution in [2.45, 2.75) is 12.0 Å². The van der Waals surface area contributed by atoms with Crippen molar-refractivity contribution in [3.63, 3.8) is 0 Å². The maximum absolute atomic E-state index is 13.1. The Morgan fingerprint density at radius 1 is 1.07 bits per heavy atom. The van der Waals surface area contributed by atoms with E-state index in [1.807, 2.05) is 24.3 Å². The van der Waals surface area contributed by atoms with E-state index in [-0.39, 0.29) is 24.7 Å². The molecule has 1 aliphatic carbocycles. The molecule has 1 fully saturated rings. The van der Waals surface area contributed by atoms with E-state index in [1.165, 1.54) is 22.3 Å². The fourth-order valence-electron chi connectivity index (χ4n) is 4.28. The number of hydrogen-bond donors (Lipinski definition) is 1. The summed E-state index contributed by atoms with van der Waals surface area (Å²) in [6.07, 6.45) is 1.91. The maximum Gasteiger partial charge on any atom is 0.409 e. The van der Waals surface area contributed by atoms with Gasteiger partial charge in [-0.25, -0.2) is 19.2 Å². The normalized spacial score (nSPS) is 18.0. The van der Waals surface area contributed by atoms with Gasteiger partial charge < -0.3 is 15.0 Å². The van der Waals surface area contributed by atoms with Crippen molar-refractivity contribution >= 4 is 6.09 Å². The average Bonchev–Trinajstić information content (AvgIpc) is 3.12. The van der Waals surface area contributed by atoms with Gasteiger partial charge in [0.25, 0.3) is 0 Å². The van der Waals surface area contributed by atoms with E-state index < -0.39 is 5.82 Å². The SMILES string of the molecule is O=C(OCC1c2ccccc2-c2ccccc21)N1CCNC(c2ncc(F)cn2)C1. The molecule has 7 heteroatoms. The van der Waals surface area contributed by atoms with Crippen molar-refractivity contribution in [2.24, 2.45) is 0 Å². The van der Waals surface area contributed by atoms with E-state index in [4.69, 9.17) is 4.74 Å². The van der Waals surface area contributed by atoms with Crippen molar-refractivity contribution in [1.29, 1.82) is 0 Å². The van der Waals surface area contributed by atoms with E-state index in [9.17, 15) is 9.18 Å². The predicted octanol–water partition coefficient (Wildman–Crippen LogP) is 3.51. The molecule has 5 rings (SSSR count). The summed E-state index contributed by atoms with van der Waals surface area (Å²) in [7, 11) is 0. The molecule has 2 aliphatic rings. The topological polar surface area (TPSA) is 67.3 Å². The third kappa shape index (κ3) is 3.41. The highest BCUT2D eigenvalue weighted by Crippen LogP contribution is 2.44. The van der Waals surface area contributed by atoms with Crippen LogP contribution in [-0.4, -0.2) is 47.2 Å². The van der Waals surface area contributed by atoms with Gasteiger partial charge in [-0.2, -0.15) is 0 Å². The Morgan fingerprint density at radius 2 is 1.70 bits per heavy atom. The lowest BCUT2D eigenvalue weighted by atomic mass is 9.98. The molecule has 2 heterocycles. The third-order valence-electron chi connectivity index (χ3n) is 5.72. The Kier molecular flexibility index (Phi) is 4.88. The summed E-state index contributed by atoms with van der Waals surface area (Å²) >= 11 is 0. The Morgan fingerprint density at radius 3 is 2.37 bits per heavy atom. The summed E-state index contributed by atoms with van der Waals surface area (Å²) in [5.41, 5.74) is 4.77. The highest BCUT2D eigenvalue weighted by atomic mass is 19.1. The number of carbonyl (C=O) groups excluding carboxylic acids is 1. The van der Waals surface area contributed by atoms with Gasteiger partial charge in [-0.1, -0.05) is 48.5 Å². The minimum absolute atomic E-state index is 0.0282. The van der Waals surface area contributed by atoms with Gasteiger partial charge in [0.05, 0.1) is 18.4 Å². The van der Waals surface area contributed by atoms with Gasteiger partial charge in [-0.15, -0.1) is 0 Å². The van der Waals surface area contributed by atoms with Gasteiger partial charge in [0, 0.05) is 25.6 Å². The van der Waals surface area contributed by atoms with Crippen molar-refractivity contribution in [2.75, 3.05) is 26.2 Å². The summed E-state index contributed by atoms with van der Waals surface area (Å²) in [6, 6.07) is 16.3.